The van der Waals surface area contributed by atoms with Gasteiger partial charge in [-0.3, -0.25) is 9.59 Å². The van der Waals surface area contributed by atoms with Gasteiger partial charge in [0.05, 0.1) is 27.2 Å². The van der Waals surface area contributed by atoms with E-state index in [0.29, 0.717) is 41.2 Å². The van der Waals surface area contributed by atoms with Gasteiger partial charge in [-0.05, 0) is 42.0 Å². The van der Waals surface area contributed by atoms with Crippen LogP contribution in [0.4, 0.5) is 0 Å². The fourth-order valence-corrected chi connectivity index (χ4v) is 5.43. The fraction of sp³-hybridized carbons (Fsp3) is 0.176. The van der Waals surface area contributed by atoms with Crippen LogP contribution in [0.2, 0.25) is 0 Å². The Morgan fingerprint density at radius 2 is 1.66 bits per heavy atom. The summed E-state index contributed by atoms with van der Waals surface area (Å²) in [6.07, 6.45) is 0.474. The van der Waals surface area contributed by atoms with Crippen molar-refractivity contribution in [2.75, 3.05) is 20.8 Å². The van der Waals surface area contributed by atoms with Gasteiger partial charge in [0.1, 0.15) is 34.0 Å². The molecule has 4 aromatic carbocycles. The van der Waals surface area contributed by atoms with Crippen molar-refractivity contribution in [1.82, 2.24) is 0 Å². The summed E-state index contributed by atoms with van der Waals surface area (Å²) in [5.41, 5.74) is 1.77. The van der Waals surface area contributed by atoms with Crippen molar-refractivity contribution in [2.24, 2.45) is 0 Å². The third-order valence-corrected chi connectivity index (χ3v) is 7.59. The Bertz CT molecular complexity index is 1940. The Morgan fingerprint density at radius 1 is 0.864 bits per heavy atom. The van der Waals surface area contributed by atoms with Gasteiger partial charge in [0, 0.05) is 41.2 Å². The number of ether oxygens (including phenoxy) is 4. The van der Waals surface area contributed by atoms with E-state index in [2.05, 4.69) is 0 Å². The third kappa shape index (κ3) is 5.22. The summed E-state index contributed by atoms with van der Waals surface area (Å²) in [5, 5.41) is 30.5. The summed E-state index contributed by atoms with van der Waals surface area (Å²) >= 11 is 0. The van der Waals surface area contributed by atoms with Crippen molar-refractivity contribution in [3.63, 3.8) is 0 Å². The van der Waals surface area contributed by atoms with Crippen LogP contribution in [0, 0.1) is 0 Å². The third-order valence-electron chi connectivity index (χ3n) is 7.59. The molecule has 0 saturated heterocycles. The first-order valence-corrected chi connectivity index (χ1v) is 13.8. The molecular weight excluding hydrogens is 568 g/mol. The van der Waals surface area contributed by atoms with Crippen LogP contribution in [0.15, 0.2) is 82.0 Å². The number of para-hydroxylation sites is 1. The zero-order chi connectivity index (χ0) is 31.0. The predicted molar refractivity (Wildman–Crippen MR) is 160 cm³/mol. The van der Waals surface area contributed by atoms with E-state index in [4.69, 9.17) is 23.4 Å². The van der Waals surface area contributed by atoms with Gasteiger partial charge in [0.15, 0.2) is 28.4 Å². The van der Waals surface area contributed by atoms with E-state index in [1.807, 2.05) is 24.3 Å². The van der Waals surface area contributed by atoms with Gasteiger partial charge in [0.25, 0.3) is 0 Å². The number of hydrogen-bond acceptors (Lipinski definition) is 10. The normalized spacial score (nSPS) is 14.1. The Hall–Kier alpha value is -5.64. The molecule has 5 aromatic rings. The minimum absolute atomic E-state index is 0.0135. The second-order valence-corrected chi connectivity index (χ2v) is 10.2. The molecule has 2 heterocycles. The number of phenolic OH excluding ortho intramolecular Hbond substituents is 3. The maximum atomic E-state index is 13.3. The summed E-state index contributed by atoms with van der Waals surface area (Å²) in [6, 6.07) is 19.4. The molecule has 0 bridgehead atoms. The van der Waals surface area contributed by atoms with Gasteiger partial charge < -0.3 is 38.7 Å². The maximum Gasteiger partial charge on any atom is 0.312 e. The van der Waals surface area contributed by atoms with Gasteiger partial charge in [-0.2, -0.15) is 0 Å². The summed E-state index contributed by atoms with van der Waals surface area (Å²) < 4.78 is 28.9. The molecule has 3 N–H and O–H groups in total. The number of hydrogen-bond donors (Lipinski definition) is 3. The van der Waals surface area contributed by atoms with E-state index in [0.717, 1.165) is 11.3 Å². The smallest absolute Gasteiger partial charge is 0.312 e. The highest BCUT2D eigenvalue weighted by atomic mass is 16.5. The number of benzene rings is 4. The molecule has 0 aliphatic carbocycles. The minimum Gasteiger partial charge on any atom is -0.507 e. The first-order chi connectivity index (χ1) is 21.3. The van der Waals surface area contributed by atoms with Crippen LogP contribution in [0.1, 0.15) is 29.0 Å². The van der Waals surface area contributed by atoms with Gasteiger partial charge in [-0.15, -0.1) is 0 Å². The summed E-state index contributed by atoms with van der Waals surface area (Å²) in [6.45, 7) is 0.295. The van der Waals surface area contributed by atoms with Crippen LogP contribution in [0.5, 0.6) is 40.2 Å². The lowest BCUT2D eigenvalue weighted by molar-refractivity contribution is -0.135. The Labute approximate surface area is 251 Å². The summed E-state index contributed by atoms with van der Waals surface area (Å²) in [5.74, 6) is -0.677. The highest BCUT2D eigenvalue weighted by Crippen LogP contribution is 2.49. The fourth-order valence-electron chi connectivity index (χ4n) is 5.43. The summed E-state index contributed by atoms with van der Waals surface area (Å²) in [4.78, 5) is 26.2. The molecule has 0 saturated carbocycles. The van der Waals surface area contributed by atoms with Gasteiger partial charge >= 0.3 is 5.97 Å². The Morgan fingerprint density at radius 3 is 2.39 bits per heavy atom. The van der Waals surface area contributed by atoms with Crippen LogP contribution < -0.4 is 24.4 Å². The lowest BCUT2D eigenvalue weighted by Crippen LogP contribution is -2.22. The molecular formula is C34H28O10. The molecule has 1 aromatic heterocycles. The molecule has 1 aliphatic heterocycles. The number of aromatic hydroxyl groups is 3. The molecule has 6 rings (SSSR count). The van der Waals surface area contributed by atoms with Crippen molar-refractivity contribution in [2.45, 2.75) is 18.8 Å². The molecule has 0 unspecified atom stereocenters. The van der Waals surface area contributed by atoms with Crippen LogP contribution in [-0.4, -0.2) is 42.1 Å². The number of fused-ring (bicyclic) bond motifs is 3. The monoisotopic (exact) mass is 596 g/mol. The average molecular weight is 597 g/mol. The topological polar surface area (TPSA) is 145 Å². The minimum atomic E-state index is -0.702. The lowest BCUT2D eigenvalue weighted by atomic mass is 9.84. The van der Waals surface area contributed by atoms with E-state index in [1.165, 1.54) is 37.4 Å². The molecule has 1 aliphatic rings. The zero-order valence-electron chi connectivity index (χ0n) is 23.8. The molecule has 1 atom stereocenters. The average Bonchev–Trinajstić information content (AvgIpc) is 3.01. The first kappa shape index (κ1) is 28.5. The number of carbonyl (C=O) groups excluding carboxylic acids is 1. The highest BCUT2D eigenvalue weighted by molar-refractivity contribution is 5.93. The van der Waals surface area contributed by atoms with Crippen LogP contribution in [0.3, 0.4) is 0 Å². The van der Waals surface area contributed by atoms with Crippen molar-refractivity contribution in [3.8, 4) is 51.6 Å². The van der Waals surface area contributed by atoms with Gasteiger partial charge in [0.2, 0.25) is 0 Å². The number of rotatable bonds is 8. The van der Waals surface area contributed by atoms with E-state index in [1.54, 1.807) is 25.3 Å². The molecule has 0 radical (unpaired) electrons. The van der Waals surface area contributed by atoms with Crippen LogP contribution in [0.25, 0.3) is 22.3 Å². The lowest BCUT2D eigenvalue weighted by Gasteiger charge is -2.28. The molecule has 224 valence electrons. The van der Waals surface area contributed by atoms with E-state index >= 15 is 0 Å². The van der Waals surface area contributed by atoms with Crippen molar-refractivity contribution >= 4 is 16.9 Å². The first-order valence-electron chi connectivity index (χ1n) is 13.8. The molecule has 0 amide bonds. The van der Waals surface area contributed by atoms with Gasteiger partial charge in [-0.1, -0.05) is 24.3 Å². The number of phenols is 3. The number of carbonyl (C=O) groups is 1. The predicted octanol–water partition coefficient (Wildman–Crippen LogP) is 5.66. The van der Waals surface area contributed by atoms with Crippen molar-refractivity contribution in [1.29, 1.82) is 0 Å². The molecule has 44 heavy (non-hydrogen) atoms. The molecule has 10 heteroatoms. The van der Waals surface area contributed by atoms with Gasteiger partial charge in [-0.25, -0.2) is 0 Å². The second-order valence-electron chi connectivity index (χ2n) is 10.2. The largest absolute Gasteiger partial charge is 0.507 e. The highest BCUT2D eigenvalue weighted by Gasteiger charge is 2.36. The van der Waals surface area contributed by atoms with E-state index in [-0.39, 0.29) is 34.6 Å². The second kappa shape index (κ2) is 11.6. The molecule has 10 nitrogen and oxygen atoms in total. The summed E-state index contributed by atoms with van der Waals surface area (Å²) in [7, 11) is 3.12. The SMILES string of the molecule is COc1ccc(CCOc2c(OC)cccc2[C@H]2CC(=O)Oc3cc(O)c4c(=O)cc(-c5ccc(O)c(O)c5)oc4c32)cc1. The Kier molecular flexibility index (Phi) is 7.48. The maximum absolute atomic E-state index is 13.3. The Balaban J connectivity index is 1.47. The molecule has 0 fully saturated rings. The van der Waals surface area contributed by atoms with Crippen LogP contribution in [-0.2, 0) is 11.2 Å². The van der Waals surface area contributed by atoms with Crippen molar-refractivity contribution < 1.29 is 43.5 Å². The van der Waals surface area contributed by atoms with Crippen molar-refractivity contribution in [3.05, 3.63) is 99.7 Å². The van der Waals surface area contributed by atoms with E-state index in [9.17, 15) is 24.9 Å². The number of esters is 1. The quantitative estimate of drug-likeness (QED) is 0.117. The standard InChI is InChI=1S/C34H28O10/c1-40-20-9-6-18(7-10-20)12-13-42-33-21(4-3-5-27(33)41-2)22-15-30(39)43-29-17-26(38)32-25(37)16-28(44-34(32)31(22)29)19-8-11-23(35)24(36)14-19/h3-11,14,16-17,22,35-36,38H,12-13,15H2,1-2H3/t22-/m1/s1. The van der Waals surface area contributed by atoms with E-state index < -0.39 is 28.8 Å². The zero-order valence-corrected chi connectivity index (χ0v) is 23.8. The molecule has 0 spiro atoms. The van der Waals surface area contributed by atoms with Crippen LogP contribution >= 0.6 is 0 Å². The number of methoxy groups -OCH3 is 2.